The molecular weight excluding hydrogens is 411 g/mol. The van der Waals surface area contributed by atoms with Crippen molar-refractivity contribution in [3.63, 3.8) is 0 Å². The lowest BCUT2D eigenvalue weighted by Crippen LogP contribution is -2.44. The highest BCUT2D eigenvalue weighted by Gasteiger charge is 2.39. The number of fused-ring (bicyclic) bond motifs is 1. The van der Waals surface area contributed by atoms with Crippen LogP contribution in [0.3, 0.4) is 0 Å². The standard InChI is InChI=1S/C25H27FN2O4/c26-20-4-2-1-3-19(20)18-9-12-28(15-18)24(30)8-11-25(10-7-23(29)27-25)14-17-5-6-21-22(13-17)32-16-31-21/h1-6,13,18H,7-12,14-16H2,(H,27,29)/t18-,25+/m1/s1. The summed E-state index contributed by atoms with van der Waals surface area (Å²) in [6.07, 6.45) is 3.51. The first-order chi connectivity index (χ1) is 15.5. The molecule has 5 rings (SSSR count). The number of likely N-dealkylation sites (tertiary alicyclic amines) is 1. The van der Waals surface area contributed by atoms with Gasteiger partial charge in [-0.25, -0.2) is 4.39 Å². The number of carbonyl (C=O) groups excluding carboxylic acids is 2. The molecule has 2 amide bonds. The molecule has 6 nitrogen and oxygen atoms in total. The van der Waals surface area contributed by atoms with Gasteiger partial charge in [-0.15, -0.1) is 0 Å². The number of carbonyl (C=O) groups is 2. The van der Waals surface area contributed by atoms with E-state index in [0.29, 0.717) is 56.5 Å². The van der Waals surface area contributed by atoms with Gasteiger partial charge in [-0.2, -0.15) is 0 Å². The fraction of sp³-hybridized carbons (Fsp3) is 0.440. The highest BCUT2D eigenvalue weighted by Crippen LogP contribution is 2.36. The molecule has 32 heavy (non-hydrogen) atoms. The fourth-order valence-corrected chi connectivity index (χ4v) is 5.17. The molecule has 0 bridgehead atoms. The van der Waals surface area contributed by atoms with E-state index in [1.807, 2.05) is 35.2 Å². The molecule has 0 saturated carbocycles. The Morgan fingerprint density at radius 1 is 1.19 bits per heavy atom. The Kier molecular flexibility index (Phi) is 5.49. The maximum absolute atomic E-state index is 14.1. The summed E-state index contributed by atoms with van der Waals surface area (Å²) in [4.78, 5) is 26.9. The molecule has 3 aliphatic rings. The third-order valence-corrected chi connectivity index (χ3v) is 6.92. The van der Waals surface area contributed by atoms with Crippen molar-refractivity contribution in [3.8, 4) is 11.5 Å². The van der Waals surface area contributed by atoms with Gasteiger partial charge < -0.3 is 19.7 Å². The SMILES string of the molecule is O=C1CC[C@](CCC(=O)N2CC[C@@H](c3ccccc3F)C2)(Cc2ccc3c(c2)OCO3)N1. The number of nitrogens with one attached hydrogen (secondary N) is 1. The number of ether oxygens (including phenoxy) is 2. The second-order valence-electron chi connectivity index (χ2n) is 9.04. The molecule has 2 aromatic rings. The molecule has 2 fully saturated rings. The maximum atomic E-state index is 14.1. The minimum absolute atomic E-state index is 0.0268. The van der Waals surface area contributed by atoms with Crippen molar-refractivity contribution in [2.75, 3.05) is 19.9 Å². The quantitative estimate of drug-likeness (QED) is 0.749. The summed E-state index contributed by atoms with van der Waals surface area (Å²) < 4.78 is 25.0. The molecule has 2 aromatic carbocycles. The number of hydrogen-bond donors (Lipinski definition) is 1. The van der Waals surface area contributed by atoms with Crippen LogP contribution in [0.2, 0.25) is 0 Å². The van der Waals surface area contributed by atoms with Gasteiger partial charge in [0, 0.05) is 37.4 Å². The minimum atomic E-state index is -0.439. The van der Waals surface area contributed by atoms with Crippen LogP contribution in [0.25, 0.3) is 0 Å². The van der Waals surface area contributed by atoms with Crippen molar-refractivity contribution >= 4 is 11.8 Å². The molecule has 3 heterocycles. The zero-order valence-electron chi connectivity index (χ0n) is 17.9. The number of amides is 2. The van der Waals surface area contributed by atoms with E-state index in [1.54, 1.807) is 6.07 Å². The fourth-order valence-electron chi connectivity index (χ4n) is 5.17. The predicted molar refractivity (Wildman–Crippen MR) is 116 cm³/mol. The van der Waals surface area contributed by atoms with Crippen molar-refractivity contribution in [1.29, 1.82) is 0 Å². The first-order valence-corrected chi connectivity index (χ1v) is 11.2. The van der Waals surface area contributed by atoms with Gasteiger partial charge in [0.2, 0.25) is 18.6 Å². The molecular formula is C25H27FN2O4. The number of rotatable bonds is 6. The van der Waals surface area contributed by atoms with Crippen LogP contribution in [0.5, 0.6) is 11.5 Å². The van der Waals surface area contributed by atoms with Crippen molar-refractivity contribution in [1.82, 2.24) is 10.2 Å². The average molecular weight is 438 g/mol. The summed E-state index contributed by atoms with van der Waals surface area (Å²) in [6, 6.07) is 12.6. The van der Waals surface area contributed by atoms with Gasteiger partial charge in [-0.1, -0.05) is 24.3 Å². The number of nitrogens with zero attached hydrogens (tertiary/aromatic N) is 1. The van der Waals surface area contributed by atoms with Crippen molar-refractivity contribution in [3.05, 3.63) is 59.4 Å². The molecule has 2 saturated heterocycles. The van der Waals surface area contributed by atoms with Gasteiger partial charge in [0.1, 0.15) is 5.82 Å². The van der Waals surface area contributed by atoms with Crippen LogP contribution in [0.1, 0.15) is 49.1 Å². The Bertz CT molecular complexity index is 1040. The van der Waals surface area contributed by atoms with Crippen LogP contribution in [0.15, 0.2) is 42.5 Å². The smallest absolute Gasteiger partial charge is 0.231 e. The van der Waals surface area contributed by atoms with Crippen LogP contribution in [0, 0.1) is 5.82 Å². The Morgan fingerprint density at radius 3 is 2.84 bits per heavy atom. The van der Waals surface area contributed by atoms with Crippen LogP contribution in [-0.4, -0.2) is 42.1 Å². The van der Waals surface area contributed by atoms with Gasteiger partial charge in [0.15, 0.2) is 11.5 Å². The van der Waals surface area contributed by atoms with E-state index in [0.717, 1.165) is 17.7 Å². The Balaban J connectivity index is 1.23. The van der Waals surface area contributed by atoms with Gasteiger partial charge in [-0.3, -0.25) is 9.59 Å². The summed E-state index contributed by atoms with van der Waals surface area (Å²) in [5.74, 6) is 1.37. The van der Waals surface area contributed by atoms with E-state index < -0.39 is 5.54 Å². The average Bonchev–Trinajstić information content (AvgIpc) is 3.53. The molecule has 2 atom stereocenters. The largest absolute Gasteiger partial charge is 0.454 e. The monoisotopic (exact) mass is 438 g/mol. The lowest BCUT2D eigenvalue weighted by atomic mass is 9.84. The van der Waals surface area contributed by atoms with E-state index in [2.05, 4.69) is 5.32 Å². The van der Waals surface area contributed by atoms with Crippen molar-refractivity contribution in [2.45, 2.75) is 50.0 Å². The predicted octanol–water partition coefficient (Wildman–Crippen LogP) is 3.54. The molecule has 3 aliphatic heterocycles. The maximum Gasteiger partial charge on any atom is 0.231 e. The second-order valence-corrected chi connectivity index (χ2v) is 9.04. The van der Waals surface area contributed by atoms with Crippen LogP contribution >= 0.6 is 0 Å². The zero-order chi connectivity index (χ0) is 22.1. The summed E-state index contributed by atoms with van der Waals surface area (Å²) in [5.41, 5.74) is 1.29. The van der Waals surface area contributed by atoms with Gasteiger partial charge >= 0.3 is 0 Å². The molecule has 0 radical (unpaired) electrons. The summed E-state index contributed by atoms with van der Waals surface area (Å²) >= 11 is 0. The normalized spacial score (nSPS) is 24.1. The molecule has 0 aliphatic carbocycles. The molecule has 7 heteroatoms. The van der Waals surface area contributed by atoms with E-state index >= 15 is 0 Å². The summed E-state index contributed by atoms with van der Waals surface area (Å²) in [5, 5.41) is 3.14. The second kappa shape index (κ2) is 8.45. The van der Waals surface area contributed by atoms with E-state index in [-0.39, 0.29) is 30.3 Å². The number of halogens is 1. The highest BCUT2D eigenvalue weighted by atomic mass is 19.1. The highest BCUT2D eigenvalue weighted by molar-refractivity contribution is 5.80. The van der Waals surface area contributed by atoms with Crippen molar-refractivity contribution in [2.24, 2.45) is 0 Å². The molecule has 168 valence electrons. The lowest BCUT2D eigenvalue weighted by Gasteiger charge is -2.30. The van der Waals surface area contributed by atoms with Crippen LogP contribution in [0.4, 0.5) is 4.39 Å². The van der Waals surface area contributed by atoms with Gasteiger partial charge in [0.05, 0.1) is 0 Å². The number of benzene rings is 2. The first-order valence-electron chi connectivity index (χ1n) is 11.2. The Hall–Kier alpha value is -3.09. The lowest BCUT2D eigenvalue weighted by molar-refractivity contribution is -0.131. The molecule has 0 spiro atoms. The molecule has 0 unspecified atom stereocenters. The van der Waals surface area contributed by atoms with Crippen molar-refractivity contribution < 1.29 is 23.5 Å². The van der Waals surface area contributed by atoms with Crippen LogP contribution in [-0.2, 0) is 16.0 Å². The summed E-state index contributed by atoms with van der Waals surface area (Å²) in [6.45, 7) is 1.40. The van der Waals surface area contributed by atoms with Gasteiger partial charge in [-0.05, 0) is 55.0 Å². The topological polar surface area (TPSA) is 67.9 Å². The van der Waals surface area contributed by atoms with Crippen LogP contribution < -0.4 is 14.8 Å². The Morgan fingerprint density at radius 2 is 2.03 bits per heavy atom. The molecule has 0 aromatic heterocycles. The minimum Gasteiger partial charge on any atom is -0.454 e. The van der Waals surface area contributed by atoms with Gasteiger partial charge in [0.25, 0.3) is 0 Å². The third-order valence-electron chi connectivity index (χ3n) is 6.92. The van der Waals surface area contributed by atoms with E-state index in [9.17, 15) is 14.0 Å². The summed E-state index contributed by atoms with van der Waals surface area (Å²) in [7, 11) is 0. The first kappa shape index (κ1) is 20.8. The van der Waals surface area contributed by atoms with E-state index in [1.165, 1.54) is 6.07 Å². The number of hydrogen-bond acceptors (Lipinski definition) is 4. The van der Waals surface area contributed by atoms with E-state index in [4.69, 9.17) is 9.47 Å². The molecule has 1 N–H and O–H groups in total. The third kappa shape index (κ3) is 4.16. The zero-order valence-corrected chi connectivity index (χ0v) is 17.9. The Labute approximate surface area is 186 Å².